The molecule has 33 heavy (non-hydrogen) atoms. The Morgan fingerprint density at radius 1 is 1.00 bits per heavy atom. The number of thioether (sulfide) groups is 1. The Morgan fingerprint density at radius 2 is 1.73 bits per heavy atom. The number of rotatable bonds is 11. The molecule has 5 nitrogen and oxygen atoms in total. The molecule has 0 saturated heterocycles. The van der Waals surface area contributed by atoms with E-state index in [0.29, 0.717) is 12.2 Å². The van der Waals surface area contributed by atoms with Crippen molar-refractivity contribution in [1.29, 1.82) is 0 Å². The fourth-order valence-corrected chi connectivity index (χ4v) is 5.89. The Morgan fingerprint density at radius 3 is 2.42 bits per heavy atom. The maximum atomic E-state index is 13.3. The normalized spacial score (nSPS) is 11.2. The minimum atomic E-state index is -3.90. The molecular formula is C24H24BrClN2O3S2. The van der Waals surface area contributed by atoms with E-state index < -0.39 is 10.0 Å². The van der Waals surface area contributed by atoms with Crippen molar-refractivity contribution in [3.63, 3.8) is 0 Å². The fourth-order valence-electron chi connectivity index (χ4n) is 3.03. The van der Waals surface area contributed by atoms with Gasteiger partial charge in [-0.05, 0) is 60.2 Å². The highest BCUT2D eigenvalue weighted by molar-refractivity contribution is 9.10. The third-order valence-electron chi connectivity index (χ3n) is 4.68. The van der Waals surface area contributed by atoms with E-state index in [-0.39, 0.29) is 17.3 Å². The first-order chi connectivity index (χ1) is 15.9. The molecule has 0 radical (unpaired) electrons. The van der Waals surface area contributed by atoms with Gasteiger partial charge in [-0.2, -0.15) is 11.8 Å². The van der Waals surface area contributed by atoms with E-state index in [1.165, 1.54) is 17.7 Å². The molecule has 1 amide bonds. The van der Waals surface area contributed by atoms with Crippen molar-refractivity contribution in [1.82, 2.24) is 5.32 Å². The lowest BCUT2D eigenvalue weighted by Crippen LogP contribution is -2.41. The quantitative estimate of drug-likeness (QED) is 0.300. The summed E-state index contributed by atoms with van der Waals surface area (Å²) < 4.78 is 28.4. The van der Waals surface area contributed by atoms with Gasteiger partial charge in [0.25, 0.3) is 10.0 Å². The molecule has 0 aromatic heterocycles. The van der Waals surface area contributed by atoms with Crippen molar-refractivity contribution < 1.29 is 13.2 Å². The van der Waals surface area contributed by atoms with Crippen LogP contribution in [0.15, 0.2) is 88.2 Å². The number of carbonyl (C=O) groups is 1. The van der Waals surface area contributed by atoms with E-state index >= 15 is 0 Å². The molecule has 3 aromatic rings. The van der Waals surface area contributed by atoms with Crippen molar-refractivity contribution in [2.75, 3.05) is 23.1 Å². The van der Waals surface area contributed by atoms with Gasteiger partial charge in [0.2, 0.25) is 5.91 Å². The maximum Gasteiger partial charge on any atom is 0.264 e. The third-order valence-corrected chi connectivity index (χ3v) is 8.33. The average Bonchev–Trinajstić information content (AvgIpc) is 2.81. The van der Waals surface area contributed by atoms with Crippen LogP contribution in [0.2, 0.25) is 5.02 Å². The first-order valence-electron chi connectivity index (χ1n) is 10.3. The molecule has 0 aliphatic carbocycles. The van der Waals surface area contributed by atoms with Crippen molar-refractivity contribution in [2.45, 2.75) is 17.1 Å². The molecule has 174 valence electrons. The van der Waals surface area contributed by atoms with Gasteiger partial charge < -0.3 is 5.32 Å². The molecule has 1 N–H and O–H groups in total. The van der Waals surface area contributed by atoms with Crippen LogP contribution in [0.1, 0.15) is 12.0 Å². The van der Waals surface area contributed by atoms with E-state index in [1.54, 1.807) is 54.2 Å². The second kappa shape index (κ2) is 12.5. The van der Waals surface area contributed by atoms with Gasteiger partial charge in [-0.25, -0.2) is 8.42 Å². The number of nitrogens with zero attached hydrogens (tertiary/aromatic N) is 1. The van der Waals surface area contributed by atoms with Crippen molar-refractivity contribution in [3.05, 3.63) is 93.9 Å². The van der Waals surface area contributed by atoms with Crippen LogP contribution >= 0.6 is 39.3 Å². The highest BCUT2D eigenvalue weighted by atomic mass is 79.9. The number of carbonyl (C=O) groups excluding carboxylic acids is 1. The van der Waals surface area contributed by atoms with E-state index in [9.17, 15) is 13.2 Å². The number of nitrogens with one attached hydrogen (secondary N) is 1. The molecule has 0 aliphatic rings. The van der Waals surface area contributed by atoms with Crippen molar-refractivity contribution in [2.24, 2.45) is 0 Å². The summed E-state index contributed by atoms with van der Waals surface area (Å²) in [5.74, 6) is 1.40. The smallest absolute Gasteiger partial charge is 0.264 e. The highest BCUT2D eigenvalue weighted by Gasteiger charge is 2.27. The molecule has 3 aromatic carbocycles. The van der Waals surface area contributed by atoms with Crippen molar-refractivity contribution >= 4 is 60.9 Å². The van der Waals surface area contributed by atoms with Crippen LogP contribution in [0.3, 0.4) is 0 Å². The van der Waals surface area contributed by atoms with Gasteiger partial charge in [0.1, 0.15) is 6.54 Å². The van der Waals surface area contributed by atoms with Crippen LogP contribution in [0.5, 0.6) is 0 Å². The molecular weight excluding hydrogens is 544 g/mol. The number of halogens is 2. The summed E-state index contributed by atoms with van der Waals surface area (Å²) in [7, 11) is -3.90. The lowest BCUT2D eigenvalue weighted by atomic mass is 10.2. The second-order valence-electron chi connectivity index (χ2n) is 7.19. The maximum absolute atomic E-state index is 13.3. The zero-order valence-electron chi connectivity index (χ0n) is 17.8. The minimum Gasteiger partial charge on any atom is -0.354 e. The molecule has 0 bridgehead atoms. The predicted molar refractivity (Wildman–Crippen MR) is 140 cm³/mol. The Hall–Kier alpha value is -2.00. The van der Waals surface area contributed by atoms with Crippen molar-refractivity contribution in [3.8, 4) is 0 Å². The summed E-state index contributed by atoms with van der Waals surface area (Å²) in [6.07, 6.45) is 0.784. The topological polar surface area (TPSA) is 66.5 Å². The lowest BCUT2D eigenvalue weighted by Gasteiger charge is -2.24. The molecule has 0 atom stereocenters. The van der Waals surface area contributed by atoms with Gasteiger partial charge in [0.05, 0.1) is 10.6 Å². The summed E-state index contributed by atoms with van der Waals surface area (Å²) in [6, 6.07) is 22.8. The summed E-state index contributed by atoms with van der Waals surface area (Å²) in [5, 5.41) is 3.56. The summed E-state index contributed by atoms with van der Waals surface area (Å²) >= 11 is 11.0. The Kier molecular flexibility index (Phi) is 9.67. The zero-order chi connectivity index (χ0) is 23.7. The van der Waals surface area contributed by atoms with Crippen LogP contribution < -0.4 is 9.62 Å². The minimum absolute atomic E-state index is 0.136. The van der Waals surface area contributed by atoms with Gasteiger partial charge in [-0.1, -0.05) is 63.9 Å². The molecule has 0 unspecified atom stereocenters. The average molecular weight is 568 g/mol. The number of hydrogen-bond donors (Lipinski definition) is 1. The van der Waals surface area contributed by atoms with Gasteiger partial charge in [-0.3, -0.25) is 9.10 Å². The number of benzene rings is 3. The van der Waals surface area contributed by atoms with E-state index in [2.05, 4.69) is 21.2 Å². The standard InChI is InChI=1S/C24H24BrClN2O3S2/c25-20-6-4-7-22(16-20)28(33(30,31)23-8-2-1-3-9-23)17-24(29)27-14-5-15-32-18-19-10-12-21(26)13-11-19/h1-4,6-13,16H,5,14-15,17-18H2,(H,27,29). The Labute approximate surface area is 212 Å². The van der Waals surface area contributed by atoms with Crippen LogP contribution in [-0.2, 0) is 20.6 Å². The fraction of sp³-hybridized carbons (Fsp3) is 0.208. The SMILES string of the molecule is O=C(CN(c1cccc(Br)c1)S(=O)(=O)c1ccccc1)NCCCSCc1ccc(Cl)cc1. The summed E-state index contributed by atoms with van der Waals surface area (Å²) in [6.45, 7) is 0.176. The molecule has 0 spiro atoms. The molecule has 3 rings (SSSR count). The molecule has 9 heteroatoms. The van der Waals surface area contributed by atoms with Crippen LogP contribution in [-0.4, -0.2) is 33.2 Å². The summed E-state index contributed by atoms with van der Waals surface area (Å²) in [4.78, 5) is 12.8. The van der Waals surface area contributed by atoms with E-state index in [4.69, 9.17) is 11.6 Å². The van der Waals surface area contributed by atoms with Crippen LogP contribution in [0.4, 0.5) is 5.69 Å². The van der Waals surface area contributed by atoms with E-state index in [1.807, 2.05) is 24.3 Å². The lowest BCUT2D eigenvalue weighted by molar-refractivity contribution is -0.119. The third kappa shape index (κ3) is 7.78. The van der Waals surface area contributed by atoms with Crippen LogP contribution in [0.25, 0.3) is 0 Å². The number of sulfonamides is 1. The Balaban J connectivity index is 1.56. The zero-order valence-corrected chi connectivity index (χ0v) is 21.8. The van der Waals surface area contributed by atoms with Gasteiger partial charge in [0, 0.05) is 21.8 Å². The number of anilines is 1. The number of amides is 1. The Bertz CT molecular complexity index is 1160. The molecule has 0 saturated carbocycles. The highest BCUT2D eigenvalue weighted by Crippen LogP contribution is 2.26. The van der Waals surface area contributed by atoms with Gasteiger partial charge in [0.15, 0.2) is 0 Å². The summed E-state index contributed by atoms with van der Waals surface area (Å²) in [5.41, 5.74) is 1.62. The molecule has 0 heterocycles. The second-order valence-corrected chi connectivity index (χ2v) is 11.5. The first-order valence-corrected chi connectivity index (χ1v) is 14.0. The number of hydrogen-bond acceptors (Lipinski definition) is 4. The monoisotopic (exact) mass is 566 g/mol. The van der Waals surface area contributed by atoms with Crippen LogP contribution in [0, 0.1) is 0 Å². The first kappa shape index (κ1) is 25.6. The predicted octanol–water partition coefficient (Wildman–Crippen LogP) is 5.74. The van der Waals surface area contributed by atoms with Gasteiger partial charge in [-0.15, -0.1) is 0 Å². The molecule has 0 aliphatic heterocycles. The van der Waals surface area contributed by atoms with Gasteiger partial charge >= 0.3 is 0 Å². The largest absolute Gasteiger partial charge is 0.354 e. The van der Waals surface area contributed by atoms with E-state index in [0.717, 1.165) is 31.7 Å². The molecule has 0 fully saturated rings.